The van der Waals surface area contributed by atoms with Crippen molar-refractivity contribution in [1.82, 2.24) is 0 Å². The zero-order chi connectivity index (χ0) is 16.7. The van der Waals surface area contributed by atoms with E-state index in [2.05, 4.69) is 30.2 Å². The number of anilines is 1. The highest BCUT2D eigenvalue weighted by atomic mass is 16.5. The monoisotopic (exact) mass is 311 g/mol. The van der Waals surface area contributed by atoms with Gasteiger partial charge in [0.15, 0.2) is 5.96 Å². The van der Waals surface area contributed by atoms with E-state index >= 15 is 0 Å². The van der Waals surface area contributed by atoms with Crippen molar-refractivity contribution in [3.05, 3.63) is 59.7 Å². The maximum absolute atomic E-state index is 5.88. The van der Waals surface area contributed by atoms with Crippen molar-refractivity contribution in [2.24, 2.45) is 10.7 Å². The van der Waals surface area contributed by atoms with Crippen molar-refractivity contribution >= 4 is 11.6 Å². The van der Waals surface area contributed by atoms with Crippen molar-refractivity contribution in [2.75, 3.05) is 18.5 Å². The number of nitrogens with zero attached hydrogens (tertiary/aromatic N) is 1. The highest BCUT2D eigenvalue weighted by molar-refractivity contribution is 5.92. The summed E-state index contributed by atoms with van der Waals surface area (Å²) >= 11 is 0. The van der Waals surface area contributed by atoms with Gasteiger partial charge < -0.3 is 15.8 Å². The van der Waals surface area contributed by atoms with E-state index in [-0.39, 0.29) is 0 Å². The van der Waals surface area contributed by atoms with Crippen LogP contribution in [0.5, 0.6) is 5.75 Å². The van der Waals surface area contributed by atoms with Crippen LogP contribution in [0.15, 0.2) is 53.5 Å². The summed E-state index contributed by atoms with van der Waals surface area (Å²) in [5.74, 6) is 1.75. The lowest BCUT2D eigenvalue weighted by molar-refractivity contribution is 0.324. The molecule has 0 atom stereocenters. The zero-order valence-corrected chi connectivity index (χ0v) is 14.0. The zero-order valence-electron chi connectivity index (χ0n) is 14.0. The summed E-state index contributed by atoms with van der Waals surface area (Å²) in [5, 5.41) is 3.07. The molecule has 122 valence electrons. The SMILES string of the molecule is Cc1ccc(NC(N)=NCCOc2ccccc2C(C)C)cc1. The second-order valence-electron chi connectivity index (χ2n) is 5.80. The third-order valence-electron chi connectivity index (χ3n) is 3.50. The Bertz CT molecular complexity index is 648. The number of benzene rings is 2. The first kappa shape index (κ1) is 16.9. The Morgan fingerprint density at radius 1 is 1.13 bits per heavy atom. The van der Waals surface area contributed by atoms with E-state index in [1.807, 2.05) is 49.4 Å². The quantitative estimate of drug-likeness (QED) is 0.483. The van der Waals surface area contributed by atoms with Gasteiger partial charge in [0.25, 0.3) is 0 Å². The average Bonchev–Trinajstić information content (AvgIpc) is 2.54. The molecule has 0 aliphatic heterocycles. The molecule has 0 saturated heterocycles. The van der Waals surface area contributed by atoms with Gasteiger partial charge in [0.2, 0.25) is 0 Å². The van der Waals surface area contributed by atoms with E-state index in [1.54, 1.807) is 0 Å². The third-order valence-corrected chi connectivity index (χ3v) is 3.50. The first-order chi connectivity index (χ1) is 11.1. The van der Waals surface area contributed by atoms with E-state index in [0.717, 1.165) is 11.4 Å². The Balaban J connectivity index is 1.83. The fraction of sp³-hybridized carbons (Fsp3) is 0.316. The minimum atomic E-state index is 0.398. The molecule has 0 saturated carbocycles. The summed E-state index contributed by atoms with van der Waals surface area (Å²) in [6.45, 7) is 7.37. The van der Waals surface area contributed by atoms with Crippen LogP contribution in [-0.4, -0.2) is 19.1 Å². The molecule has 3 N–H and O–H groups in total. The number of hydrogen-bond donors (Lipinski definition) is 2. The van der Waals surface area contributed by atoms with E-state index in [1.165, 1.54) is 11.1 Å². The number of nitrogens with one attached hydrogen (secondary N) is 1. The van der Waals surface area contributed by atoms with Crippen molar-refractivity contribution in [2.45, 2.75) is 26.7 Å². The molecule has 0 bridgehead atoms. The Labute approximate surface area is 138 Å². The fourth-order valence-corrected chi connectivity index (χ4v) is 2.23. The number of para-hydroxylation sites is 1. The van der Waals surface area contributed by atoms with Crippen molar-refractivity contribution in [3.8, 4) is 5.75 Å². The van der Waals surface area contributed by atoms with E-state index in [9.17, 15) is 0 Å². The van der Waals surface area contributed by atoms with Crippen molar-refractivity contribution in [3.63, 3.8) is 0 Å². The largest absolute Gasteiger partial charge is 0.491 e. The molecule has 0 radical (unpaired) electrons. The number of hydrogen-bond acceptors (Lipinski definition) is 2. The molecule has 0 aliphatic rings. The third kappa shape index (κ3) is 5.33. The minimum Gasteiger partial charge on any atom is -0.491 e. The summed E-state index contributed by atoms with van der Waals surface area (Å²) < 4.78 is 5.82. The van der Waals surface area contributed by atoms with Crippen molar-refractivity contribution in [1.29, 1.82) is 0 Å². The van der Waals surface area contributed by atoms with Crippen LogP contribution in [0.1, 0.15) is 30.9 Å². The molecule has 0 fully saturated rings. The van der Waals surface area contributed by atoms with Crippen molar-refractivity contribution < 1.29 is 4.74 Å². The molecule has 2 rings (SSSR count). The van der Waals surface area contributed by atoms with Crippen LogP contribution in [0.2, 0.25) is 0 Å². The molecular weight excluding hydrogens is 286 g/mol. The summed E-state index contributed by atoms with van der Waals surface area (Å²) in [5.41, 5.74) is 9.24. The van der Waals surface area contributed by atoms with Crippen LogP contribution < -0.4 is 15.8 Å². The second-order valence-corrected chi connectivity index (χ2v) is 5.80. The summed E-state index contributed by atoms with van der Waals surface area (Å²) in [7, 11) is 0. The van der Waals surface area contributed by atoms with Gasteiger partial charge in [0.05, 0.1) is 6.54 Å². The van der Waals surface area contributed by atoms with E-state index < -0.39 is 0 Å². The number of nitrogens with two attached hydrogens (primary N) is 1. The van der Waals surface area contributed by atoms with Gasteiger partial charge in [-0.25, -0.2) is 4.99 Å². The van der Waals surface area contributed by atoms with E-state index in [4.69, 9.17) is 10.5 Å². The first-order valence-corrected chi connectivity index (χ1v) is 7.91. The topological polar surface area (TPSA) is 59.6 Å². The lowest BCUT2D eigenvalue weighted by Crippen LogP contribution is -2.23. The molecule has 0 aliphatic carbocycles. The molecule has 4 nitrogen and oxygen atoms in total. The molecule has 0 heterocycles. The fourth-order valence-electron chi connectivity index (χ4n) is 2.23. The molecule has 0 spiro atoms. The van der Waals surface area contributed by atoms with Gasteiger partial charge in [-0.2, -0.15) is 0 Å². The highest BCUT2D eigenvalue weighted by Crippen LogP contribution is 2.25. The summed E-state index contributed by atoms with van der Waals surface area (Å²) in [6.07, 6.45) is 0. The number of guanidine groups is 1. The Morgan fingerprint density at radius 2 is 1.83 bits per heavy atom. The highest BCUT2D eigenvalue weighted by Gasteiger charge is 2.06. The van der Waals surface area contributed by atoms with Gasteiger partial charge in [-0.15, -0.1) is 0 Å². The Hall–Kier alpha value is -2.49. The van der Waals surface area contributed by atoms with E-state index in [0.29, 0.717) is 25.0 Å². The van der Waals surface area contributed by atoms with Gasteiger partial charge in [-0.3, -0.25) is 0 Å². The van der Waals surface area contributed by atoms with Gasteiger partial charge in [0.1, 0.15) is 12.4 Å². The average molecular weight is 311 g/mol. The summed E-state index contributed by atoms with van der Waals surface area (Å²) in [4.78, 5) is 4.29. The maximum Gasteiger partial charge on any atom is 0.193 e. The molecule has 0 unspecified atom stereocenters. The molecule has 2 aromatic carbocycles. The minimum absolute atomic E-state index is 0.398. The van der Waals surface area contributed by atoms with Crippen LogP contribution in [0.4, 0.5) is 5.69 Å². The lowest BCUT2D eigenvalue weighted by atomic mass is 10.0. The smallest absolute Gasteiger partial charge is 0.193 e. The Kier molecular flexibility index (Phi) is 6.03. The normalized spacial score (nSPS) is 11.6. The number of aliphatic imine (C=N–C) groups is 1. The molecule has 23 heavy (non-hydrogen) atoms. The number of ether oxygens (including phenoxy) is 1. The predicted octanol–water partition coefficient (Wildman–Crippen LogP) is 3.92. The van der Waals surface area contributed by atoms with Crippen LogP contribution in [0.3, 0.4) is 0 Å². The standard InChI is InChI=1S/C19H25N3O/c1-14(2)17-6-4-5-7-18(17)23-13-12-21-19(20)22-16-10-8-15(3)9-11-16/h4-11,14H,12-13H2,1-3H3,(H3,20,21,22). The molecule has 0 amide bonds. The first-order valence-electron chi connectivity index (χ1n) is 7.91. The van der Waals surface area contributed by atoms with Crippen LogP contribution in [-0.2, 0) is 0 Å². The maximum atomic E-state index is 5.88. The molecular formula is C19H25N3O. The molecule has 2 aromatic rings. The lowest BCUT2D eigenvalue weighted by Gasteiger charge is -2.13. The molecule has 4 heteroatoms. The van der Waals surface area contributed by atoms with Gasteiger partial charge in [0, 0.05) is 5.69 Å². The Morgan fingerprint density at radius 3 is 2.52 bits per heavy atom. The second kappa shape index (κ2) is 8.22. The van der Waals surface area contributed by atoms with Gasteiger partial charge in [-0.1, -0.05) is 49.7 Å². The van der Waals surface area contributed by atoms with Gasteiger partial charge in [-0.05, 0) is 36.6 Å². The predicted molar refractivity (Wildman–Crippen MR) is 97.3 cm³/mol. The number of rotatable bonds is 6. The van der Waals surface area contributed by atoms with Gasteiger partial charge >= 0.3 is 0 Å². The summed E-state index contributed by atoms with van der Waals surface area (Å²) in [6, 6.07) is 16.1. The van der Waals surface area contributed by atoms with Crippen LogP contribution in [0.25, 0.3) is 0 Å². The van der Waals surface area contributed by atoms with Crippen LogP contribution in [0, 0.1) is 6.92 Å². The van der Waals surface area contributed by atoms with Crippen LogP contribution >= 0.6 is 0 Å². The number of aryl methyl sites for hydroxylation is 1. The molecule has 0 aromatic heterocycles.